The summed E-state index contributed by atoms with van der Waals surface area (Å²) in [5, 5.41) is 37.7. The number of aromatic carboxylic acids is 2. The van der Waals surface area contributed by atoms with Crippen molar-refractivity contribution in [2.45, 2.75) is 25.9 Å². The number of phenolic OH excluding ortho intramolecular Hbond substituents is 2. The Kier molecular flexibility index (Phi) is 8.25. The van der Waals surface area contributed by atoms with Crippen LogP contribution in [0.25, 0.3) is 0 Å². The van der Waals surface area contributed by atoms with Crippen molar-refractivity contribution in [2.75, 3.05) is 0 Å². The topological polar surface area (TPSA) is 160 Å². The maximum absolute atomic E-state index is 12.6. The van der Waals surface area contributed by atoms with Gasteiger partial charge in [0.25, 0.3) is 0 Å². The Morgan fingerprint density at radius 1 is 0.659 bits per heavy atom. The fourth-order valence-electron chi connectivity index (χ4n) is 4.13. The summed E-state index contributed by atoms with van der Waals surface area (Å²) in [7, 11) is 0. The van der Waals surface area contributed by atoms with Gasteiger partial charge in [-0.05, 0) is 71.3 Å². The second kappa shape index (κ2) is 11.8. The number of phenols is 2. The summed E-state index contributed by atoms with van der Waals surface area (Å²) in [6.45, 7) is 3.87. The first-order valence-corrected chi connectivity index (χ1v) is 12.3. The molecular formula is C31H26O10. The van der Waals surface area contributed by atoms with Gasteiger partial charge < -0.3 is 30.1 Å². The van der Waals surface area contributed by atoms with Gasteiger partial charge in [-0.3, -0.25) is 0 Å². The third-order valence-corrected chi connectivity index (χ3v) is 6.51. The molecule has 4 aromatic rings. The number of hydrogen-bond donors (Lipinski definition) is 4. The average Bonchev–Trinajstić information content (AvgIpc) is 2.94. The zero-order chi connectivity index (χ0) is 29.7. The van der Waals surface area contributed by atoms with Gasteiger partial charge in [0.1, 0.15) is 23.9 Å². The molecule has 4 aromatic carbocycles. The van der Waals surface area contributed by atoms with Crippen LogP contribution in [0.5, 0.6) is 23.0 Å². The number of rotatable bonds is 10. The van der Waals surface area contributed by atoms with Crippen LogP contribution in [0.2, 0.25) is 0 Å². The van der Waals surface area contributed by atoms with E-state index in [9.17, 15) is 34.8 Å². The van der Waals surface area contributed by atoms with E-state index in [4.69, 9.17) is 14.5 Å². The number of carboxylic acid groups (broad SMARTS) is 2. The van der Waals surface area contributed by atoms with Crippen molar-refractivity contribution in [3.63, 3.8) is 0 Å². The number of carboxylic acids is 2. The van der Waals surface area contributed by atoms with E-state index in [1.807, 2.05) is 26.0 Å². The van der Waals surface area contributed by atoms with Crippen molar-refractivity contribution in [3.8, 4) is 23.0 Å². The number of carbonyl (C=O) groups is 3. The fourth-order valence-corrected chi connectivity index (χ4v) is 4.13. The highest BCUT2D eigenvalue weighted by atomic mass is 17.2. The van der Waals surface area contributed by atoms with Crippen molar-refractivity contribution in [2.24, 2.45) is 0 Å². The van der Waals surface area contributed by atoms with Crippen molar-refractivity contribution < 1.29 is 49.3 Å². The van der Waals surface area contributed by atoms with E-state index in [1.165, 1.54) is 24.3 Å². The minimum Gasteiger partial charge on any atom is -0.508 e. The highest BCUT2D eigenvalue weighted by Gasteiger charge is 2.24. The van der Waals surface area contributed by atoms with Crippen LogP contribution in [0, 0.1) is 0 Å². The van der Waals surface area contributed by atoms with Gasteiger partial charge in [-0.2, -0.15) is 4.89 Å². The van der Waals surface area contributed by atoms with Crippen LogP contribution in [-0.2, 0) is 16.9 Å². The highest BCUT2D eigenvalue weighted by Crippen LogP contribution is 2.33. The van der Waals surface area contributed by atoms with Crippen LogP contribution in [0.15, 0.2) is 84.9 Å². The molecule has 0 amide bonds. The number of benzene rings is 4. The monoisotopic (exact) mass is 558 g/mol. The van der Waals surface area contributed by atoms with Crippen LogP contribution in [-0.4, -0.2) is 38.3 Å². The van der Waals surface area contributed by atoms with Crippen molar-refractivity contribution in [1.82, 2.24) is 0 Å². The maximum atomic E-state index is 12.6. The summed E-state index contributed by atoms with van der Waals surface area (Å²) in [6, 6.07) is 21.3. The molecule has 41 heavy (non-hydrogen) atoms. The van der Waals surface area contributed by atoms with E-state index in [2.05, 4.69) is 0 Å². The molecule has 10 heteroatoms. The average molecular weight is 559 g/mol. The van der Waals surface area contributed by atoms with Crippen molar-refractivity contribution >= 4 is 17.9 Å². The fraction of sp³-hybridized carbons (Fsp3) is 0.129. The Bertz CT molecular complexity index is 1590. The predicted octanol–water partition coefficient (Wildman–Crippen LogP) is 5.55. The van der Waals surface area contributed by atoms with Crippen LogP contribution in [0.1, 0.15) is 61.6 Å². The Balaban J connectivity index is 1.40. The van der Waals surface area contributed by atoms with Gasteiger partial charge in [0.05, 0.1) is 16.7 Å². The molecule has 0 spiro atoms. The zero-order valence-electron chi connectivity index (χ0n) is 22.0. The van der Waals surface area contributed by atoms with E-state index in [0.29, 0.717) is 11.3 Å². The molecule has 4 rings (SSSR count). The third kappa shape index (κ3) is 6.63. The lowest BCUT2D eigenvalue weighted by atomic mass is 9.78. The van der Waals surface area contributed by atoms with E-state index >= 15 is 0 Å². The Hall–Kier alpha value is -5.35. The minimum absolute atomic E-state index is 0.0863. The van der Waals surface area contributed by atoms with Gasteiger partial charge in [0.15, 0.2) is 5.75 Å². The molecule has 0 aliphatic rings. The first-order valence-electron chi connectivity index (χ1n) is 12.3. The van der Waals surface area contributed by atoms with Crippen LogP contribution < -0.4 is 9.62 Å². The molecule has 0 fully saturated rings. The summed E-state index contributed by atoms with van der Waals surface area (Å²) in [4.78, 5) is 45.9. The highest BCUT2D eigenvalue weighted by molar-refractivity contribution is 6.03. The molecule has 0 bridgehead atoms. The molecule has 0 saturated carbocycles. The van der Waals surface area contributed by atoms with Gasteiger partial charge in [-0.1, -0.05) is 44.2 Å². The number of ether oxygens (including phenoxy) is 1. The number of esters is 1. The summed E-state index contributed by atoms with van der Waals surface area (Å²) < 4.78 is 5.36. The van der Waals surface area contributed by atoms with Gasteiger partial charge in [-0.15, -0.1) is 0 Å². The van der Waals surface area contributed by atoms with E-state index in [-0.39, 0.29) is 40.5 Å². The SMILES string of the molecule is CC(C)(c1ccc(OOCc2ccc(O)cc2C(=O)O)cc1)c1ccc(OC(=O)c2ccc(O)cc2C(=O)O)cc1. The lowest BCUT2D eigenvalue weighted by Crippen LogP contribution is -2.19. The van der Waals surface area contributed by atoms with Crippen molar-refractivity contribution in [1.29, 1.82) is 0 Å². The van der Waals surface area contributed by atoms with Gasteiger partial charge in [-0.25, -0.2) is 14.4 Å². The lowest BCUT2D eigenvalue weighted by Gasteiger charge is -2.26. The third-order valence-electron chi connectivity index (χ3n) is 6.51. The first kappa shape index (κ1) is 28.7. The van der Waals surface area contributed by atoms with Crippen LogP contribution in [0.3, 0.4) is 0 Å². The van der Waals surface area contributed by atoms with E-state index in [0.717, 1.165) is 23.3 Å². The summed E-state index contributed by atoms with van der Waals surface area (Å²) in [5.41, 5.74) is 1.09. The summed E-state index contributed by atoms with van der Waals surface area (Å²) in [6.07, 6.45) is 0. The molecule has 0 aliphatic heterocycles. The molecule has 0 unspecified atom stereocenters. The quantitative estimate of drug-likeness (QED) is 0.0841. The molecule has 0 aliphatic carbocycles. The summed E-state index contributed by atoms with van der Waals surface area (Å²) in [5.74, 6) is -3.24. The normalized spacial score (nSPS) is 11.1. The molecule has 0 aromatic heterocycles. The molecule has 0 saturated heterocycles. The lowest BCUT2D eigenvalue weighted by molar-refractivity contribution is -0.217. The van der Waals surface area contributed by atoms with Gasteiger partial charge >= 0.3 is 17.9 Å². The molecule has 4 N–H and O–H groups in total. The second-order valence-corrected chi connectivity index (χ2v) is 9.59. The van der Waals surface area contributed by atoms with E-state index < -0.39 is 23.3 Å². The Morgan fingerprint density at radius 3 is 1.73 bits per heavy atom. The van der Waals surface area contributed by atoms with Gasteiger partial charge in [0, 0.05) is 5.41 Å². The van der Waals surface area contributed by atoms with E-state index in [1.54, 1.807) is 36.4 Å². The number of aromatic hydroxyl groups is 2. The van der Waals surface area contributed by atoms with Crippen LogP contribution in [0.4, 0.5) is 0 Å². The Labute approximate surface area is 234 Å². The van der Waals surface area contributed by atoms with Crippen molar-refractivity contribution in [3.05, 3.63) is 118 Å². The van der Waals surface area contributed by atoms with Gasteiger partial charge in [0.2, 0.25) is 0 Å². The molecule has 10 nitrogen and oxygen atoms in total. The molecular weight excluding hydrogens is 532 g/mol. The largest absolute Gasteiger partial charge is 0.508 e. The molecule has 0 heterocycles. The zero-order valence-corrected chi connectivity index (χ0v) is 22.0. The number of carbonyl (C=O) groups excluding carboxylic acids is 1. The smallest absolute Gasteiger partial charge is 0.344 e. The second-order valence-electron chi connectivity index (χ2n) is 9.59. The predicted molar refractivity (Wildman–Crippen MR) is 146 cm³/mol. The van der Waals surface area contributed by atoms with Crippen LogP contribution >= 0.6 is 0 Å². The molecule has 210 valence electrons. The minimum atomic E-state index is -1.36. The summed E-state index contributed by atoms with van der Waals surface area (Å²) >= 11 is 0. The maximum Gasteiger partial charge on any atom is 0.344 e. The molecule has 0 atom stereocenters. The Morgan fingerprint density at radius 2 is 1.17 bits per heavy atom. The first-order chi connectivity index (χ1) is 19.5. The number of hydrogen-bond acceptors (Lipinski definition) is 8. The molecule has 0 radical (unpaired) electrons. The standard InChI is InChI=1S/C31H26O10/c1-31(2,19-4-10-23(11-5-19)40-30(38)25-14-9-22(33)16-27(25)29(36)37)20-6-12-24(13-7-20)41-39-17-18-3-8-21(32)15-26(18)28(34)35/h3-16,32-33H,17H2,1-2H3,(H,34,35)(H,36,37).